The third kappa shape index (κ3) is 5.67. The lowest BCUT2D eigenvalue weighted by Gasteiger charge is -2.34. The summed E-state index contributed by atoms with van der Waals surface area (Å²) in [5.41, 5.74) is 1.88. The summed E-state index contributed by atoms with van der Waals surface area (Å²) in [5, 5.41) is 3.33. The number of hydrogen-bond acceptors (Lipinski definition) is 4. The highest BCUT2D eigenvalue weighted by Gasteiger charge is 2.21. The molecule has 2 heterocycles. The molecule has 148 valence electrons. The Morgan fingerprint density at radius 3 is 2.54 bits per heavy atom. The summed E-state index contributed by atoms with van der Waals surface area (Å²) in [6, 6.07) is 14.5. The predicted molar refractivity (Wildman–Crippen MR) is 115 cm³/mol. The van der Waals surface area contributed by atoms with Crippen molar-refractivity contribution >= 4 is 17.8 Å². The third-order valence-corrected chi connectivity index (χ3v) is 5.15. The number of rotatable bonds is 7. The molecule has 1 aliphatic heterocycles. The average Bonchev–Trinajstić information content (AvgIpc) is 2.75. The molecule has 1 N–H and O–H groups in total. The summed E-state index contributed by atoms with van der Waals surface area (Å²) in [7, 11) is 0. The van der Waals surface area contributed by atoms with E-state index in [1.54, 1.807) is 6.20 Å². The van der Waals surface area contributed by atoms with E-state index in [4.69, 9.17) is 0 Å². The number of pyridine rings is 1. The lowest BCUT2D eigenvalue weighted by molar-refractivity contribution is 0.0650. The minimum Gasteiger partial charge on any atom is -0.368 e. The number of benzene rings is 1. The molecule has 1 fully saturated rings. The van der Waals surface area contributed by atoms with Crippen molar-refractivity contribution in [2.24, 2.45) is 0 Å². The minimum absolute atomic E-state index is 0.0714. The number of piperazine rings is 1. The molecule has 0 saturated carbocycles. The number of aromatic nitrogens is 1. The van der Waals surface area contributed by atoms with Crippen molar-refractivity contribution in [3.63, 3.8) is 0 Å². The highest BCUT2D eigenvalue weighted by Crippen LogP contribution is 2.12. The number of nitrogens with zero attached hydrogens (tertiary/aromatic N) is 3. The molecule has 0 radical (unpaired) electrons. The molecular weight excluding hydrogens is 348 g/mol. The van der Waals surface area contributed by atoms with Crippen molar-refractivity contribution < 1.29 is 4.79 Å². The van der Waals surface area contributed by atoms with Gasteiger partial charge in [0.25, 0.3) is 5.91 Å². The lowest BCUT2D eigenvalue weighted by Crippen LogP contribution is -2.48. The second kappa shape index (κ2) is 10.0. The Morgan fingerprint density at radius 2 is 1.89 bits per heavy atom. The average molecular weight is 379 g/mol. The molecule has 1 saturated heterocycles. The largest absolute Gasteiger partial charge is 0.368 e. The Bertz CT molecular complexity index is 765. The van der Waals surface area contributed by atoms with Gasteiger partial charge >= 0.3 is 0 Å². The van der Waals surface area contributed by atoms with Crippen LogP contribution in [0.4, 0.5) is 5.82 Å². The quantitative estimate of drug-likeness (QED) is 0.797. The maximum atomic E-state index is 12.7. The summed E-state index contributed by atoms with van der Waals surface area (Å²) in [6.07, 6.45) is 7.06. The number of anilines is 1. The first-order valence-corrected chi connectivity index (χ1v) is 10.1. The Balaban J connectivity index is 1.46. The van der Waals surface area contributed by atoms with Crippen LogP contribution < -0.4 is 5.32 Å². The third-order valence-electron chi connectivity index (χ3n) is 5.15. The number of nitrogens with one attached hydrogen (secondary N) is 1. The molecule has 5 heteroatoms. The van der Waals surface area contributed by atoms with Crippen LogP contribution in [0.1, 0.15) is 36.2 Å². The Morgan fingerprint density at radius 1 is 1.14 bits per heavy atom. The van der Waals surface area contributed by atoms with Gasteiger partial charge in [-0.15, -0.1) is 0 Å². The normalized spacial score (nSPS) is 16.3. The van der Waals surface area contributed by atoms with E-state index in [1.807, 2.05) is 35.2 Å². The summed E-state index contributed by atoms with van der Waals surface area (Å²) in [4.78, 5) is 21.4. The van der Waals surface area contributed by atoms with Crippen LogP contribution in [0, 0.1) is 0 Å². The van der Waals surface area contributed by atoms with Gasteiger partial charge in [0.15, 0.2) is 0 Å². The zero-order valence-electron chi connectivity index (χ0n) is 16.8. The van der Waals surface area contributed by atoms with Gasteiger partial charge in [-0.05, 0) is 31.0 Å². The van der Waals surface area contributed by atoms with Crippen molar-refractivity contribution in [3.05, 3.63) is 65.9 Å². The van der Waals surface area contributed by atoms with Gasteiger partial charge in [-0.3, -0.25) is 9.69 Å². The molecule has 3 rings (SSSR count). The molecule has 0 bridgehead atoms. The SMILES string of the molecule is CCC(C)Nc1ccc(C(=O)N2CCN(C/C=C/c3ccccc3)CC2)cn1. The standard InChI is InChI=1S/C23H30N4O/c1-3-19(2)25-22-12-11-21(18-24-22)23(28)27-16-14-26(15-17-27)13-7-10-20-8-5-4-6-9-20/h4-12,18-19H,3,13-17H2,1-2H3,(H,24,25)/b10-7+. The number of amides is 1. The second-order valence-electron chi connectivity index (χ2n) is 7.29. The fourth-order valence-corrected chi connectivity index (χ4v) is 3.18. The van der Waals surface area contributed by atoms with Crippen LogP contribution in [0.2, 0.25) is 0 Å². The molecule has 1 aliphatic rings. The van der Waals surface area contributed by atoms with Crippen LogP contribution in [0.5, 0.6) is 0 Å². The van der Waals surface area contributed by atoms with E-state index in [9.17, 15) is 4.79 Å². The molecular formula is C23H30N4O. The van der Waals surface area contributed by atoms with Crippen LogP contribution in [0.3, 0.4) is 0 Å². The lowest BCUT2D eigenvalue weighted by atomic mass is 10.2. The van der Waals surface area contributed by atoms with Crippen LogP contribution in [-0.4, -0.2) is 59.5 Å². The number of hydrogen-bond donors (Lipinski definition) is 1. The van der Waals surface area contributed by atoms with E-state index < -0.39 is 0 Å². The molecule has 0 spiro atoms. The predicted octanol–water partition coefficient (Wildman–Crippen LogP) is 3.76. The van der Waals surface area contributed by atoms with Crippen LogP contribution in [-0.2, 0) is 0 Å². The van der Waals surface area contributed by atoms with Gasteiger partial charge in [0, 0.05) is 45.0 Å². The zero-order valence-corrected chi connectivity index (χ0v) is 16.8. The van der Waals surface area contributed by atoms with E-state index >= 15 is 0 Å². The van der Waals surface area contributed by atoms with Crippen LogP contribution in [0.15, 0.2) is 54.7 Å². The molecule has 1 unspecified atom stereocenters. The second-order valence-corrected chi connectivity index (χ2v) is 7.29. The van der Waals surface area contributed by atoms with E-state index in [0.29, 0.717) is 11.6 Å². The maximum absolute atomic E-state index is 12.7. The van der Waals surface area contributed by atoms with Crippen molar-refractivity contribution in [1.82, 2.24) is 14.8 Å². The van der Waals surface area contributed by atoms with Gasteiger partial charge in [0.05, 0.1) is 5.56 Å². The highest BCUT2D eigenvalue weighted by atomic mass is 16.2. The van der Waals surface area contributed by atoms with Crippen molar-refractivity contribution in [2.75, 3.05) is 38.0 Å². The van der Waals surface area contributed by atoms with Gasteiger partial charge in [0.2, 0.25) is 0 Å². The first-order chi connectivity index (χ1) is 13.7. The molecule has 1 aromatic heterocycles. The van der Waals surface area contributed by atoms with E-state index in [1.165, 1.54) is 5.56 Å². The number of carbonyl (C=O) groups excluding carboxylic acids is 1. The Hall–Kier alpha value is -2.66. The van der Waals surface area contributed by atoms with Gasteiger partial charge in [-0.1, -0.05) is 49.4 Å². The van der Waals surface area contributed by atoms with Gasteiger partial charge < -0.3 is 10.2 Å². The molecule has 5 nitrogen and oxygen atoms in total. The van der Waals surface area contributed by atoms with E-state index in [0.717, 1.165) is 45.0 Å². The minimum atomic E-state index is 0.0714. The summed E-state index contributed by atoms with van der Waals surface area (Å²) < 4.78 is 0. The molecule has 1 aromatic carbocycles. The Labute approximate surface area is 168 Å². The smallest absolute Gasteiger partial charge is 0.255 e. The fraction of sp³-hybridized carbons (Fsp3) is 0.391. The van der Waals surface area contributed by atoms with Crippen LogP contribution >= 0.6 is 0 Å². The number of carbonyl (C=O) groups is 1. The summed E-state index contributed by atoms with van der Waals surface area (Å²) in [6.45, 7) is 8.46. The van der Waals surface area contributed by atoms with Gasteiger partial charge in [-0.25, -0.2) is 4.98 Å². The zero-order chi connectivity index (χ0) is 19.8. The highest BCUT2D eigenvalue weighted by molar-refractivity contribution is 5.94. The molecule has 28 heavy (non-hydrogen) atoms. The summed E-state index contributed by atoms with van der Waals surface area (Å²) >= 11 is 0. The first kappa shape index (κ1) is 20.1. The fourth-order valence-electron chi connectivity index (χ4n) is 3.18. The molecule has 1 amide bonds. The summed E-state index contributed by atoms with van der Waals surface area (Å²) in [5.74, 6) is 0.892. The van der Waals surface area contributed by atoms with Crippen LogP contribution in [0.25, 0.3) is 6.08 Å². The van der Waals surface area contributed by atoms with Crippen molar-refractivity contribution in [1.29, 1.82) is 0 Å². The molecule has 2 aromatic rings. The van der Waals surface area contributed by atoms with Crippen molar-refractivity contribution in [2.45, 2.75) is 26.3 Å². The Kier molecular flexibility index (Phi) is 7.20. The van der Waals surface area contributed by atoms with Crippen molar-refractivity contribution in [3.8, 4) is 0 Å². The topological polar surface area (TPSA) is 48.5 Å². The van der Waals surface area contributed by atoms with E-state index in [-0.39, 0.29) is 5.91 Å². The van der Waals surface area contributed by atoms with Gasteiger partial charge in [-0.2, -0.15) is 0 Å². The maximum Gasteiger partial charge on any atom is 0.255 e. The monoisotopic (exact) mass is 378 g/mol. The first-order valence-electron chi connectivity index (χ1n) is 10.1. The molecule has 0 aliphatic carbocycles. The molecule has 1 atom stereocenters. The van der Waals surface area contributed by atoms with E-state index in [2.05, 4.69) is 53.3 Å². The van der Waals surface area contributed by atoms with Gasteiger partial charge in [0.1, 0.15) is 5.82 Å².